The Morgan fingerprint density at radius 1 is 1.41 bits per heavy atom. The van der Waals surface area contributed by atoms with E-state index in [9.17, 15) is 4.79 Å². The molecule has 0 saturated carbocycles. The predicted octanol–water partition coefficient (Wildman–Crippen LogP) is 2.74. The predicted molar refractivity (Wildman–Crippen MR) is 72.0 cm³/mol. The van der Waals surface area contributed by atoms with Crippen LogP contribution in [-0.2, 0) is 0 Å². The Balaban J connectivity index is 2.44. The maximum Gasteiger partial charge on any atom is 0.251 e. The van der Waals surface area contributed by atoms with Gasteiger partial charge in [0.15, 0.2) is 0 Å². The van der Waals surface area contributed by atoms with E-state index in [-0.39, 0.29) is 5.91 Å². The summed E-state index contributed by atoms with van der Waals surface area (Å²) in [6.45, 7) is 7.02. The van der Waals surface area contributed by atoms with Gasteiger partial charge in [-0.15, -0.1) is 0 Å². The van der Waals surface area contributed by atoms with Gasteiger partial charge in [-0.05, 0) is 43.4 Å². The van der Waals surface area contributed by atoms with Crippen LogP contribution in [0, 0.1) is 12.8 Å². The summed E-state index contributed by atoms with van der Waals surface area (Å²) in [4.78, 5) is 11.8. The number of rotatable bonds is 5. The summed E-state index contributed by atoms with van der Waals surface area (Å²) in [5.74, 6) is 0.641. The van der Waals surface area contributed by atoms with Crippen LogP contribution in [0.2, 0.25) is 0 Å². The average molecular weight is 234 g/mol. The van der Waals surface area contributed by atoms with Gasteiger partial charge < -0.3 is 11.1 Å². The van der Waals surface area contributed by atoms with E-state index in [1.807, 2.05) is 19.1 Å². The normalized spacial score (nSPS) is 10.6. The van der Waals surface area contributed by atoms with Crippen molar-refractivity contribution in [2.24, 2.45) is 5.92 Å². The highest BCUT2D eigenvalue weighted by Gasteiger charge is 2.06. The third kappa shape index (κ3) is 4.47. The van der Waals surface area contributed by atoms with Gasteiger partial charge >= 0.3 is 0 Å². The van der Waals surface area contributed by atoms with Crippen molar-refractivity contribution in [3.63, 3.8) is 0 Å². The van der Waals surface area contributed by atoms with Gasteiger partial charge in [0.2, 0.25) is 0 Å². The molecule has 0 aliphatic heterocycles. The maximum atomic E-state index is 11.8. The Morgan fingerprint density at radius 2 is 2.12 bits per heavy atom. The minimum absolute atomic E-state index is 0.0412. The van der Waals surface area contributed by atoms with Crippen LogP contribution in [0.3, 0.4) is 0 Å². The van der Waals surface area contributed by atoms with Crippen LogP contribution in [0.15, 0.2) is 18.2 Å². The lowest BCUT2D eigenvalue weighted by Gasteiger charge is -2.08. The summed E-state index contributed by atoms with van der Waals surface area (Å²) >= 11 is 0. The smallest absolute Gasteiger partial charge is 0.251 e. The molecule has 0 heterocycles. The van der Waals surface area contributed by atoms with Crippen molar-refractivity contribution >= 4 is 11.6 Å². The van der Waals surface area contributed by atoms with Crippen LogP contribution in [0.1, 0.15) is 42.6 Å². The largest absolute Gasteiger partial charge is 0.398 e. The first-order chi connectivity index (χ1) is 8.00. The fraction of sp³-hybridized carbons (Fsp3) is 0.500. The van der Waals surface area contributed by atoms with Crippen molar-refractivity contribution in [2.75, 3.05) is 12.3 Å². The van der Waals surface area contributed by atoms with Crippen molar-refractivity contribution in [1.29, 1.82) is 0 Å². The van der Waals surface area contributed by atoms with E-state index in [4.69, 9.17) is 5.73 Å². The zero-order valence-corrected chi connectivity index (χ0v) is 10.9. The monoisotopic (exact) mass is 234 g/mol. The molecule has 0 aliphatic carbocycles. The number of carbonyl (C=O) groups excluding carboxylic acids is 1. The highest BCUT2D eigenvalue weighted by atomic mass is 16.1. The number of anilines is 1. The molecule has 17 heavy (non-hydrogen) atoms. The SMILES string of the molecule is Cc1ccc(C(=O)NCCCC(C)C)cc1N. The summed E-state index contributed by atoms with van der Waals surface area (Å²) < 4.78 is 0. The first kappa shape index (κ1) is 13.6. The van der Waals surface area contributed by atoms with Crippen LogP contribution in [0.5, 0.6) is 0 Å². The minimum atomic E-state index is -0.0412. The Morgan fingerprint density at radius 3 is 2.71 bits per heavy atom. The lowest BCUT2D eigenvalue weighted by atomic mass is 10.1. The quantitative estimate of drug-likeness (QED) is 0.608. The Kier molecular flexibility index (Phi) is 5.01. The number of carbonyl (C=O) groups is 1. The topological polar surface area (TPSA) is 55.1 Å². The number of hydrogen-bond donors (Lipinski definition) is 2. The molecule has 0 aromatic heterocycles. The number of amides is 1. The van der Waals surface area contributed by atoms with Crippen LogP contribution in [0.4, 0.5) is 5.69 Å². The Hall–Kier alpha value is -1.51. The number of benzene rings is 1. The second kappa shape index (κ2) is 6.28. The zero-order valence-electron chi connectivity index (χ0n) is 10.9. The molecule has 3 nitrogen and oxygen atoms in total. The van der Waals surface area contributed by atoms with Crippen molar-refractivity contribution in [2.45, 2.75) is 33.6 Å². The molecule has 1 aromatic carbocycles. The summed E-state index contributed by atoms with van der Waals surface area (Å²) in [5.41, 5.74) is 8.08. The van der Waals surface area contributed by atoms with E-state index in [1.165, 1.54) is 0 Å². The van der Waals surface area contributed by atoms with Crippen LogP contribution in [-0.4, -0.2) is 12.5 Å². The van der Waals surface area contributed by atoms with Crippen LogP contribution in [0.25, 0.3) is 0 Å². The third-order valence-electron chi connectivity index (χ3n) is 2.79. The van der Waals surface area contributed by atoms with Crippen LogP contribution >= 0.6 is 0 Å². The summed E-state index contributed by atoms with van der Waals surface area (Å²) in [6, 6.07) is 5.41. The molecule has 0 bridgehead atoms. The van der Waals surface area contributed by atoms with Gasteiger partial charge in [-0.1, -0.05) is 19.9 Å². The number of aryl methyl sites for hydroxylation is 1. The van der Waals surface area contributed by atoms with E-state index >= 15 is 0 Å². The molecule has 1 aromatic rings. The van der Waals surface area contributed by atoms with Crippen molar-refractivity contribution in [3.8, 4) is 0 Å². The Bertz CT molecular complexity index is 386. The lowest BCUT2D eigenvalue weighted by Crippen LogP contribution is -2.24. The van der Waals surface area contributed by atoms with Crippen LogP contribution < -0.4 is 11.1 Å². The van der Waals surface area contributed by atoms with E-state index in [0.717, 1.165) is 24.9 Å². The van der Waals surface area contributed by atoms with Gasteiger partial charge in [-0.25, -0.2) is 0 Å². The number of hydrogen-bond acceptors (Lipinski definition) is 2. The first-order valence-electron chi connectivity index (χ1n) is 6.15. The fourth-order valence-corrected chi connectivity index (χ4v) is 1.60. The van der Waals surface area contributed by atoms with Gasteiger partial charge in [0, 0.05) is 17.8 Å². The molecule has 94 valence electrons. The van der Waals surface area contributed by atoms with Crippen molar-refractivity contribution < 1.29 is 4.79 Å². The maximum absolute atomic E-state index is 11.8. The zero-order chi connectivity index (χ0) is 12.8. The van der Waals surface area contributed by atoms with E-state index < -0.39 is 0 Å². The van der Waals surface area contributed by atoms with Crippen molar-refractivity contribution in [3.05, 3.63) is 29.3 Å². The summed E-state index contributed by atoms with van der Waals surface area (Å²) in [7, 11) is 0. The van der Waals surface area contributed by atoms with E-state index in [1.54, 1.807) is 6.07 Å². The number of nitrogens with two attached hydrogens (primary N) is 1. The molecule has 0 spiro atoms. The van der Waals surface area contributed by atoms with Gasteiger partial charge in [0.1, 0.15) is 0 Å². The first-order valence-corrected chi connectivity index (χ1v) is 6.15. The molecule has 0 atom stereocenters. The fourth-order valence-electron chi connectivity index (χ4n) is 1.60. The molecular formula is C14H22N2O. The van der Waals surface area contributed by atoms with Gasteiger partial charge in [-0.3, -0.25) is 4.79 Å². The number of nitrogen functional groups attached to an aromatic ring is 1. The second-order valence-electron chi connectivity index (χ2n) is 4.86. The van der Waals surface area contributed by atoms with E-state index in [0.29, 0.717) is 17.2 Å². The molecular weight excluding hydrogens is 212 g/mol. The minimum Gasteiger partial charge on any atom is -0.398 e. The standard InChI is InChI=1S/C14H22N2O/c1-10(2)5-4-8-16-14(17)12-7-6-11(3)13(15)9-12/h6-7,9-10H,4-5,8,15H2,1-3H3,(H,16,17). The van der Waals surface area contributed by atoms with E-state index in [2.05, 4.69) is 19.2 Å². The van der Waals surface area contributed by atoms with Gasteiger partial charge in [0.25, 0.3) is 5.91 Å². The molecule has 0 saturated heterocycles. The third-order valence-corrected chi connectivity index (χ3v) is 2.79. The molecule has 0 fully saturated rings. The Labute approximate surface area is 103 Å². The van der Waals surface area contributed by atoms with Gasteiger partial charge in [-0.2, -0.15) is 0 Å². The van der Waals surface area contributed by atoms with Gasteiger partial charge in [0.05, 0.1) is 0 Å². The highest BCUT2D eigenvalue weighted by Crippen LogP contribution is 2.12. The molecule has 3 heteroatoms. The molecule has 0 aliphatic rings. The average Bonchev–Trinajstić information content (AvgIpc) is 2.27. The summed E-state index contributed by atoms with van der Waals surface area (Å²) in [6.07, 6.45) is 2.15. The van der Waals surface area contributed by atoms with Crippen molar-refractivity contribution in [1.82, 2.24) is 5.32 Å². The number of nitrogens with one attached hydrogen (secondary N) is 1. The molecule has 1 amide bonds. The lowest BCUT2D eigenvalue weighted by molar-refractivity contribution is 0.0952. The molecule has 1 rings (SSSR count). The molecule has 3 N–H and O–H groups in total. The second-order valence-corrected chi connectivity index (χ2v) is 4.86. The highest BCUT2D eigenvalue weighted by molar-refractivity contribution is 5.95. The molecule has 0 radical (unpaired) electrons. The molecule has 0 unspecified atom stereocenters. The summed E-state index contributed by atoms with van der Waals surface area (Å²) in [5, 5.41) is 2.91.